The van der Waals surface area contributed by atoms with Gasteiger partial charge < -0.3 is 10.0 Å². The Morgan fingerprint density at radius 1 is 1.25 bits per heavy atom. The van der Waals surface area contributed by atoms with Crippen LogP contribution >= 0.6 is 23.2 Å². The van der Waals surface area contributed by atoms with Crippen LogP contribution in [0.3, 0.4) is 0 Å². The van der Waals surface area contributed by atoms with Crippen molar-refractivity contribution in [2.24, 2.45) is 11.8 Å². The zero-order valence-electron chi connectivity index (χ0n) is 8.66. The molecule has 90 valence electrons. The van der Waals surface area contributed by atoms with Gasteiger partial charge in [-0.2, -0.15) is 0 Å². The molecule has 1 N–H and O–H groups in total. The lowest BCUT2D eigenvalue weighted by atomic mass is 9.97. The van der Waals surface area contributed by atoms with Crippen LogP contribution in [0.25, 0.3) is 0 Å². The summed E-state index contributed by atoms with van der Waals surface area (Å²) in [5.41, 5.74) is 0. The molecule has 0 radical (unpaired) electrons. The fourth-order valence-corrected chi connectivity index (χ4v) is 2.54. The minimum Gasteiger partial charge on any atom is -0.481 e. The molecule has 2 fully saturated rings. The standard InChI is InChI=1S/C10H13Cl2NO3/c11-10(12)5-7(10)8(14)13-3-1-6(2-4-13)9(15)16/h6-7H,1-5H2,(H,15,16). The van der Waals surface area contributed by atoms with Crippen LogP contribution in [-0.2, 0) is 9.59 Å². The molecule has 1 unspecified atom stereocenters. The molecule has 0 bridgehead atoms. The number of aliphatic carboxylic acids is 1. The Labute approximate surface area is 103 Å². The predicted molar refractivity (Wildman–Crippen MR) is 59.5 cm³/mol. The van der Waals surface area contributed by atoms with Crippen molar-refractivity contribution in [3.05, 3.63) is 0 Å². The van der Waals surface area contributed by atoms with E-state index in [0.717, 1.165) is 0 Å². The molecular weight excluding hydrogens is 253 g/mol. The van der Waals surface area contributed by atoms with E-state index in [2.05, 4.69) is 0 Å². The second kappa shape index (κ2) is 4.08. The Morgan fingerprint density at radius 3 is 2.12 bits per heavy atom. The molecule has 2 rings (SSSR count). The summed E-state index contributed by atoms with van der Waals surface area (Å²) < 4.78 is -0.888. The van der Waals surface area contributed by atoms with Crippen molar-refractivity contribution in [3.8, 4) is 0 Å². The van der Waals surface area contributed by atoms with E-state index in [-0.39, 0.29) is 17.7 Å². The molecule has 1 atom stereocenters. The molecule has 0 aromatic rings. The summed E-state index contributed by atoms with van der Waals surface area (Å²) in [6.07, 6.45) is 1.55. The highest BCUT2D eigenvalue weighted by molar-refractivity contribution is 6.52. The topological polar surface area (TPSA) is 57.6 Å². The van der Waals surface area contributed by atoms with Crippen LogP contribution in [0.2, 0.25) is 0 Å². The Morgan fingerprint density at radius 2 is 1.75 bits per heavy atom. The zero-order chi connectivity index (χ0) is 11.9. The molecule has 4 nitrogen and oxygen atoms in total. The number of nitrogens with zero attached hydrogens (tertiary/aromatic N) is 1. The third kappa shape index (κ3) is 2.28. The van der Waals surface area contributed by atoms with Crippen LogP contribution in [0.4, 0.5) is 0 Å². The molecule has 1 aliphatic carbocycles. The molecule has 1 saturated carbocycles. The molecule has 16 heavy (non-hydrogen) atoms. The molecule has 1 heterocycles. The summed E-state index contributed by atoms with van der Waals surface area (Å²) in [4.78, 5) is 24.3. The Hall–Kier alpha value is -0.480. The number of amides is 1. The number of alkyl halides is 2. The number of carbonyl (C=O) groups excluding carboxylic acids is 1. The van der Waals surface area contributed by atoms with Gasteiger partial charge in [0.2, 0.25) is 5.91 Å². The van der Waals surface area contributed by atoms with Gasteiger partial charge in [-0.1, -0.05) is 0 Å². The van der Waals surface area contributed by atoms with Crippen LogP contribution in [0.15, 0.2) is 0 Å². The highest BCUT2D eigenvalue weighted by atomic mass is 35.5. The van der Waals surface area contributed by atoms with Gasteiger partial charge in [0.1, 0.15) is 4.33 Å². The maximum atomic E-state index is 11.9. The largest absolute Gasteiger partial charge is 0.481 e. The van der Waals surface area contributed by atoms with Gasteiger partial charge in [0.05, 0.1) is 11.8 Å². The summed E-state index contributed by atoms with van der Waals surface area (Å²) in [5.74, 6) is -1.42. The van der Waals surface area contributed by atoms with E-state index in [1.807, 2.05) is 0 Å². The molecule has 1 aliphatic heterocycles. The minimum absolute atomic E-state index is 0.0335. The Bertz CT molecular complexity index is 324. The first-order valence-electron chi connectivity index (χ1n) is 5.31. The van der Waals surface area contributed by atoms with Gasteiger partial charge in [-0.15, -0.1) is 23.2 Å². The van der Waals surface area contributed by atoms with E-state index >= 15 is 0 Å². The minimum atomic E-state index is -0.888. The predicted octanol–water partition coefficient (Wildman–Crippen LogP) is 1.50. The fourth-order valence-electron chi connectivity index (χ4n) is 2.05. The van der Waals surface area contributed by atoms with Crippen molar-refractivity contribution in [2.75, 3.05) is 13.1 Å². The lowest BCUT2D eigenvalue weighted by Gasteiger charge is -2.30. The van der Waals surface area contributed by atoms with E-state index in [1.54, 1.807) is 4.90 Å². The number of halogens is 2. The number of rotatable bonds is 2. The quantitative estimate of drug-likeness (QED) is 0.770. The second-order valence-corrected chi connectivity index (χ2v) is 6.00. The van der Waals surface area contributed by atoms with Crippen molar-refractivity contribution in [3.63, 3.8) is 0 Å². The number of hydrogen-bond donors (Lipinski definition) is 1. The van der Waals surface area contributed by atoms with Gasteiger partial charge >= 0.3 is 5.97 Å². The van der Waals surface area contributed by atoms with Gasteiger partial charge in [-0.05, 0) is 19.3 Å². The van der Waals surface area contributed by atoms with Crippen molar-refractivity contribution < 1.29 is 14.7 Å². The molecule has 6 heteroatoms. The average molecular weight is 266 g/mol. The lowest BCUT2D eigenvalue weighted by Crippen LogP contribution is -2.41. The molecule has 1 amide bonds. The Balaban J connectivity index is 1.86. The van der Waals surface area contributed by atoms with Crippen molar-refractivity contribution in [2.45, 2.75) is 23.6 Å². The molecule has 0 aromatic heterocycles. The van der Waals surface area contributed by atoms with Crippen LogP contribution < -0.4 is 0 Å². The van der Waals surface area contributed by atoms with Crippen LogP contribution in [0.5, 0.6) is 0 Å². The molecule has 1 saturated heterocycles. The monoisotopic (exact) mass is 265 g/mol. The van der Waals surface area contributed by atoms with Crippen LogP contribution in [0, 0.1) is 11.8 Å². The first-order chi connectivity index (χ1) is 7.42. The first-order valence-corrected chi connectivity index (χ1v) is 6.07. The van der Waals surface area contributed by atoms with Crippen LogP contribution in [0.1, 0.15) is 19.3 Å². The summed E-state index contributed by atoms with van der Waals surface area (Å²) in [7, 11) is 0. The normalized spacial score (nSPS) is 28.9. The van der Waals surface area contributed by atoms with E-state index in [1.165, 1.54) is 0 Å². The SMILES string of the molecule is O=C(O)C1CCN(C(=O)C2CC2(Cl)Cl)CC1. The van der Waals surface area contributed by atoms with Gasteiger partial charge in [-0.3, -0.25) is 9.59 Å². The van der Waals surface area contributed by atoms with Crippen molar-refractivity contribution in [1.82, 2.24) is 4.90 Å². The van der Waals surface area contributed by atoms with Crippen LogP contribution in [-0.4, -0.2) is 39.3 Å². The smallest absolute Gasteiger partial charge is 0.306 e. The number of piperidine rings is 1. The molecule has 0 spiro atoms. The fraction of sp³-hybridized carbons (Fsp3) is 0.800. The third-order valence-electron chi connectivity index (χ3n) is 3.28. The van der Waals surface area contributed by atoms with Crippen molar-refractivity contribution >= 4 is 35.1 Å². The van der Waals surface area contributed by atoms with Gasteiger partial charge in [0.15, 0.2) is 0 Å². The number of hydrogen-bond acceptors (Lipinski definition) is 2. The summed E-state index contributed by atoms with van der Waals surface area (Å²) in [6.45, 7) is 0.992. The van der Waals surface area contributed by atoms with Gasteiger partial charge in [0.25, 0.3) is 0 Å². The van der Waals surface area contributed by atoms with Crippen molar-refractivity contribution in [1.29, 1.82) is 0 Å². The number of carbonyl (C=O) groups is 2. The van der Waals surface area contributed by atoms with Gasteiger partial charge in [0, 0.05) is 13.1 Å². The van der Waals surface area contributed by atoms with E-state index < -0.39 is 10.3 Å². The number of carboxylic acid groups (broad SMARTS) is 1. The van der Waals surface area contributed by atoms with E-state index in [9.17, 15) is 9.59 Å². The molecular formula is C10H13Cl2NO3. The highest BCUT2D eigenvalue weighted by Gasteiger charge is 2.57. The van der Waals surface area contributed by atoms with Gasteiger partial charge in [-0.25, -0.2) is 0 Å². The molecule has 2 aliphatic rings. The number of likely N-dealkylation sites (tertiary alicyclic amines) is 1. The maximum absolute atomic E-state index is 11.9. The zero-order valence-corrected chi connectivity index (χ0v) is 10.2. The summed E-state index contributed by atoms with van der Waals surface area (Å²) >= 11 is 11.6. The van der Waals surface area contributed by atoms with E-state index in [0.29, 0.717) is 32.4 Å². The number of carboxylic acids is 1. The summed E-state index contributed by atoms with van der Waals surface area (Å²) in [5, 5.41) is 8.82. The second-order valence-electron chi connectivity index (χ2n) is 4.46. The summed E-state index contributed by atoms with van der Waals surface area (Å²) in [6, 6.07) is 0. The average Bonchev–Trinajstić information content (AvgIpc) is 2.87. The third-order valence-corrected chi connectivity index (χ3v) is 4.12. The maximum Gasteiger partial charge on any atom is 0.306 e. The Kier molecular flexibility index (Phi) is 3.05. The highest BCUT2D eigenvalue weighted by Crippen LogP contribution is 2.54. The lowest BCUT2D eigenvalue weighted by molar-refractivity contribution is -0.146. The van der Waals surface area contributed by atoms with E-state index in [4.69, 9.17) is 28.3 Å². The molecule has 0 aromatic carbocycles. The first kappa shape index (κ1) is 12.0.